The van der Waals surface area contributed by atoms with Gasteiger partial charge in [0.2, 0.25) is 5.78 Å². The van der Waals surface area contributed by atoms with Gasteiger partial charge in [0.05, 0.1) is 24.1 Å². The van der Waals surface area contributed by atoms with Gasteiger partial charge in [-0.25, -0.2) is 0 Å². The molecule has 18 heavy (non-hydrogen) atoms. The van der Waals surface area contributed by atoms with Crippen molar-refractivity contribution in [1.29, 1.82) is 0 Å². The summed E-state index contributed by atoms with van der Waals surface area (Å²) in [5, 5.41) is 0. The van der Waals surface area contributed by atoms with Gasteiger partial charge in [-0.15, -0.1) is 0 Å². The first-order valence-electron chi connectivity index (χ1n) is 5.82. The smallest absolute Gasteiger partial charge is 0.211 e. The molecular formula is C14H16N2O2. The van der Waals surface area contributed by atoms with Gasteiger partial charge in [0.25, 0.3) is 0 Å². The van der Waals surface area contributed by atoms with E-state index in [1.807, 2.05) is 13.0 Å². The standard InChI is InChI=1S/C14H16N2O2/c1-3-9-7-8-11(16-9)14(17)10-5-4-6-12(18-2)13(10)15/h4-8,16H,3,15H2,1-2H3. The van der Waals surface area contributed by atoms with Crippen LogP contribution in [0, 0.1) is 0 Å². The van der Waals surface area contributed by atoms with E-state index in [0.717, 1.165) is 12.1 Å². The Morgan fingerprint density at radius 2 is 2.11 bits per heavy atom. The molecule has 0 unspecified atom stereocenters. The van der Waals surface area contributed by atoms with Crippen LogP contribution in [0.4, 0.5) is 5.69 Å². The Bertz CT molecular complexity index is 573. The number of nitrogens with one attached hydrogen (secondary N) is 1. The Kier molecular flexibility index (Phi) is 3.37. The number of aromatic nitrogens is 1. The zero-order valence-corrected chi connectivity index (χ0v) is 10.5. The number of aromatic amines is 1. The molecule has 0 fully saturated rings. The van der Waals surface area contributed by atoms with Crippen molar-refractivity contribution in [3.8, 4) is 5.75 Å². The van der Waals surface area contributed by atoms with Crippen LogP contribution in [0.2, 0.25) is 0 Å². The molecule has 1 aromatic carbocycles. The lowest BCUT2D eigenvalue weighted by Gasteiger charge is -2.08. The second-order valence-electron chi connectivity index (χ2n) is 4.00. The largest absolute Gasteiger partial charge is 0.495 e. The van der Waals surface area contributed by atoms with Crippen LogP contribution in [0.1, 0.15) is 28.7 Å². The molecule has 0 spiro atoms. The van der Waals surface area contributed by atoms with Crippen molar-refractivity contribution in [2.24, 2.45) is 0 Å². The molecule has 0 bridgehead atoms. The molecule has 0 saturated heterocycles. The van der Waals surface area contributed by atoms with Gasteiger partial charge >= 0.3 is 0 Å². The minimum absolute atomic E-state index is 0.119. The summed E-state index contributed by atoms with van der Waals surface area (Å²) in [5.74, 6) is 0.397. The van der Waals surface area contributed by atoms with Gasteiger partial charge in [0.1, 0.15) is 5.75 Å². The van der Waals surface area contributed by atoms with Gasteiger partial charge in [0, 0.05) is 5.69 Å². The lowest BCUT2D eigenvalue weighted by molar-refractivity contribution is 0.103. The number of carbonyl (C=O) groups is 1. The van der Waals surface area contributed by atoms with Crippen LogP contribution < -0.4 is 10.5 Å². The molecule has 4 nitrogen and oxygen atoms in total. The third-order valence-electron chi connectivity index (χ3n) is 2.90. The van der Waals surface area contributed by atoms with Crippen LogP contribution in [-0.2, 0) is 6.42 Å². The van der Waals surface area contributed by atoms with Crippen molar-refractivity contribution in [2.45, 2.75) is 13.3 Å². The number of carbonyl (C=O) groups excluding carboxylic acids is 1. The Hall–Kier alpha value is -2.23. The number of para-hydroxylation sites is 1. The number of methoxy groups -OCH3 is 1. The monoisotopic (exact) mass is 244 g/mol. The van der Waals surface area contributed by atoms with Crippen molar-refractivity contribution in [3.05, 3.63) is 47.3 Å². The second kappa shape index (κ2) is 4.96. The van der Waals surface area contributed by atoms with E-state index in [9.17, 15) is 4.79 Å². The molecular weight excluding hydrogens is 228 g/mol. The van der Waals surface area contributed by atoms with E-state index in [4.69, 9.17) is 10.5 Å². The number of hydrogen-bond acceptors (Lipinski definition) is 3. The fourth-order valence-corrected chi connectivity index (χ4v) is 1.84. The molecule has 2 aromatic rings. The summed E-state index contributed by atoms with van der Waals surface area (Å²) >= 11 is 0. The first-order valence-corrected chi connectivity index (χ1v) is 5.82. The van der Waals surface area contributed by atoms with Crippen LogP contribution in [0.15, 0.2) is 30.3 Å². The molecule has 4 heteroatoms. The molecule has 1 aromatic heterocycles. The number of ether oxygens (including phenoxy) is 1. The zero-order chi connectivity index (χ0) is 13.1. The summed E-state index contributed by atoms with van der Waals surface area (Å²) in [6.07, 6.45) is 0.862. The summed E-state index contributed by atoms with van der Waals surface area (Å²) < 4.78 is 5.11. The molecule has 3 N–H and O–H groups in total. The summed E-state index contributed by atoms with van der Waals surface area (Å²) in [7, 11) is 1.53. The van der Waals surface area contributed by atoms with E-state index in [1.54, 1.807) is 24.3 Å². The average Bonchev–Trinajstić information content (AvgIpc) is 2.87. The average molecular weight is 244 g/mol. The minimum Gasteiger partial charge on any atom is -0.495 e. The number of benzene rings is 1. The van der Waals surface area contributed by atoms with Crippen molar-refractivity contribution in [2.75, 3.05) is 12.8 Å². The van der Waals surface area contributed by atoms with Crippen LogP contribution in [0.3, 0.4) is 0 Å². The van der Waals surface area contributed by atoms with E-state index in [0.29, 0.717) is 22.7 Å². The normalized spacial score (nSPS) is 10.3. The van der Waals surface area contributed by atoms with Crippen LogP contribution in [0.5, 0.6) is 5.75 Å². The quantitative estimate of drug-likeness (QED) is 0.641. The number of nitrogen functional groups attached to an aromatic ring is 1. The third kappa shape index (κ3) is 2.09. The third-order valence-corrected chi connectivity index (χ3v) is 2.90. The van der Waals surface area contributed by atoms with Crippen molar-refractivity contribution < 1.29 is 9.53 Å². The lowest BCUT2D eigenvalue weighted by atomic mass is 10.1. The van der Waals surface area contributed by atoms with Gasteiger partial charge in [-0.2, -0.15) is 0 Å². The van der Waals surface area contributed by atoms with Gasteiger partial charge < -0.3 is 15.5 Å². The highest BCUT2D eigenvalue weighted by Gasteiger charge is 2.16. The fourth-order valence-electron chi connectivity index (χ4n) is 1.84. The summed E-state index contributed by atoms with van der Waals surface area (Å²) in [4.78, 5) is 15.4. The topological polar surface area (TPSA) is 68.1 Å². The Balaban J connectivity index is 2.39. The van der Waals surface area contributed by atoms with Crippen molar-refractivity contribution in [3.63, 3.8) is 0 Å². The minimum atomic E-state index is -0.119. The second-order valence-corrected chi connectivity index (χ2v) is 4.00. The Morgan fingerprint density at radius 3 is 2.72 bits per heavy atom. The highest BCUT2D eigenvalue weighted by molar-refractivity contribution is 6.11. The summed E-state index contributed by atoms with van der Waals surface area (Å²) in [5.41, 5.74) is 8.32. The number of H-pyrrole nitrogens is 1. The number of ketones is 1. The van der Waals surface area contributed by atoms with E-state index >= 15 is 0 Å². The Labute approximate surface area is 106 Å². The first kappa shape index (κ1) is 12.2. The van der Waals surface area contributed by atoms with E-state index < -0.39 is 0 Å². The Morgan fingerprint density at radius 1 is 1.33 bits per heavy atom. The predicted molar refractivity (Wildman–Crippen MR) is 71.0 cm³/mol. The molecule has 94 valence electrons. The fraction of sp³-hybridized carbons (Fsp3) is 0.214. The molecule has 0 aliphatic heterocycles. The molecule has 2 rings (SSSR count). The molecule has 0 amide bonds. The maximum Gasteiger partial charge on any atom is 0.211 e. The van der Waals surface area contributed by atoms with E-state index in [-0.39, 0.29) is 5.78 Å². The van der Waals surface area contributed by atoms with Crippen LogP contribution in [-0.4, -0.2) is 17.9 Å². The van der Waals surface area contributed by atoms with Gasteiger partial charge in [-0.1, -0.05) is 13.0 Å². The van der Waals surface area contributed by atoms with E-state index in [2.05, 4.69) is 4.98 Å². The van der Waals surface area contributed by atoms with Crippen molar-refractivity contribution >= 4 is 11.5 Å². The summed E-state index contributed by atoms with van der Waals surface area (Å²) in [6.45, 7) is 2.03. The number of hydrogen-bond donors (Lipinski definition) is 2. The van der Waals surface area contributed by atoms with Crippen LogP contribution >= 0.6 is 0 Å². The predicted octanol–water partition coefficient (Wildman–Crippen LogP) is 2.40. The van der Waals surface area contributed by atoms with Crippen molar-refractivity contribution in [1.82, 2.24) is 4.98 Å². The maximum absolute atomic E-state index is 12.3. The van der Waals surface area contributed by atoms with E-state index in [1.165, 1.54) is 7.11 Å². The maximum atomic E-state index is 12.3. The molecule has 0 saturated carbocycles. The first-order chi connectivity index (χ1) is 8.67. The number of rotatable bonds is 4. The summed E-state index contributed by atoms with van der Waals surface area (Å²) in [6, 6.07) is 8.88. The van der Waals surface area contributed by atoms with Gasteiger partial charge in [-0.05, 0) is 30.7 Å². The number of nitrogens with two attached hydrogens (primary N) is 1. The lowest BCUT2D eigenvalue weighted by Crippen LogP contribution is -2.07. The highest BCUT2D eigenvalue weighted by Crippen LogP contribution is 2.26. The molecule has 0 radical (unpaired) electrons. The molecule has 0 atom stereocenters. The SMILES string of the molecule is CCc1ccc(C(=O)c2cccc(OC)c2N)[nH]1. The van der Waals surface area contributed by atoms with Crippen LogP contribution in [0.25, 0.3) is 0 Å². The van der Waals surface area contributed by atoms with Gasteiger partial charge in [0.15, 0.2) is 0 Å². The number of aryl methyl sites for hydroxylation is 1. The number of anilines is 1. The molecule has 0 aliphatic rings. The molecule has 1 heterocycles. The highest BCUT2D eigenvalue weighted by atomic mass is 16.5. The molecule has 0 aliphatic carbocycles. The zero-order valence-electron chi connectivity index (χ0n) is 10.5. The van der Waals surface area contributed by atoms with Gasteiger partial charge in [-0.3, -0.25) is 4.79 Å².